The van der Waals surface area contributed by atoms with Crippen molar-refractivity contribution in [1.82, 2.24) is 9.97 Å². The normalized spacial score (nSPS) is 21.9. The lowest BCUT2D eigenvalue weighted by molar-refractivity contribution is -0.157. The van der Waals surface area contributed by atoms with Crippen molar-refractivity contribution in [2.45, 2.75) is 32.8 Å². The van der Waals surface area contributed by atoms with E-state index in [9.17, 15) is 19.4 Å². The number of anilines is 2. The average Bonchev–Trinajstić information content (AvgIpc) is 2.67. The Bertz CT molecular complexity index is 904. The van der Waals surface area contributed by atoms with Gasteiger partial charge in [0, 0.05) is 38.4 Å². The van der Waals surface area contributed by atoms with E-state index in [1.54, 1.807) is 17.0 Å². The highest BCUT2D eigenvalue weighted by Crippen LogP contribution is 2.37. The predicted molar refractivity (Wildman–Crippen MR) is 109 cm³/mol. The van der Waals surface area contributed by atoms with E-state index in [0.29, 0.717) is 30.3 Å². The van der Waals surface area contributed by atoms with Crippen LogP contribution in [0.3, 0.4) is 0 Å². The van der Waals surface area contributed by atoms with Crippen LogP contribution in [0, 0.1) is 25.1 Å². The van der Waals surface area contributed by atoms with Crippen LogP contribution in [0.5, 0.6) is 0 Å². The zero-order valence-electron chi connectivity index (χ0n) is 17.2. The van der Waals surface area contributed by atoms with E-state index >= 15 is 0 Å². The van der Waals surface area contributed by atoms with Gasteiger partial charge in [-0.05, 0) is 44.4 Å². The fraction of sp³-hybridized carbons (Fsp3) is 0.476. The summed E-state index contributed by atoms with van der Waals surface area (Å²) < 4.78 is 13.3. The molecule has 1 aromatic heterocycles. The number of aromatic nitrogens is 2. The number of rotatable bonds is 5. The number of aliphatic carboxylic acids is 1. The van der Waals surface area contributed by atoms with Gasteiger partial charge in [0.15, 0.2) is 0 Å². The number of benzene rings is 1. The van der Waals surface area contributed by atoms with Gasteiger partial charge in [0.1, 0.15) is 17.1 Å². The van der Waals surface area contributed by atoms with Gasteiger partial charge in [0.05, 0.1) is 6.10 Å². The molecule has 0 spiro atoms. The van der Waals surface area contributed by atoms with Crippen molar-refractivity contribution in [3.63, 3.8) is 0 Å². The number of hydrogen-bond donors (Lipinski definition) is 2. The molecule has 1 aliphatic rings. The van der Waals surface area contributed by atoms with Gasteiger partial charge in [0.2, 0.25) is 5.95 Å². The van der Waals surface area contributed by atoms with Crippen LogP contribution >= 0.6 is 0 Å². The standard InChI is InChI=1S/C21H27FN4O3/c1-13-14(2)23-20(25(3)4)24-18(13)26-10-9-17(27)21(12-26,19(28)29)11-15-5-7-16(22)8-6-15/h5-8,17,27H,9-12H2,1-4H3,(H,28,29)/t17-,21-/m1/s1. The van der Waals surface area contributed by atoms with Crippen LogP contribution in [-0.2, 0) is 11.2 Å². The minimum Gasteiger partial charge on any atom is -0.481 e. The highest BCUT2D eigenvalue weighted by Gasteiger charge is 2.49. The van der Waals surface area contributed by atoms with Crippen LogP contribution in [0.4, 0.5) is 16.2 Å². The van der Waals surface area contributed by atoms with E-state index in [0.717, 1.165) is 11.3 Å². The van der Waals surface area contributed by atoms with Gasteiger partial charge >= 0.3 is 5.97 Å². The van der Waals surface area contributed by atoms with Gasteiger partial charge < -0.3 is 20.0 Å². The number of carboxylic acid groups (broad SMARTS) is 1. The monoisotopic (exact) mass is 402 g/mol. The Labute approximate surface area is 169 Å². The topological polar surface area (TPSA) is 89.8 Å². The second kappa shape index (κ2) is 7.94. The third-order valence-corrected chi connectivity index (χ3v) is 5.69. The maximum absolute atomic E-state index is 13.3. The quantitative estimate of drug-likeness (QED) is 0.792. The first-order chi connectivity index (χ1) is 13.6. The molecule has 2 heterocycles. The maximum atomic E-state index is 13.3. The van der Waals surface area contributed by atoms with Crippen molar-refractivity contribution in [3.8, 4) is 0 Å². The number of aliphatic hydroxyl groups excluding tert-OH is 1. The van der Waals surface area contributed by atoms with E-state index in [2.05, 4.69) is 9.97 Å². The largest absolute Gasteiger partial charge is 0.481 e. The molecular formula is C21H27FN4O3. The third kappa shape index (κ3) is 4.03. The fourth-order valence-corrected chi connectivity index (χ4v) is 3.79. The Morgan fingerprint density at radius 3 is 2.52 bits per heavy atom. The molecule has 29 heavy (non-hydrogen) atoms. The molecule has 0 amide bonds. The van der Waals surface area contributed by atoms with Crippen LogP contribution in [0.2, 0.25) is 0 Å². The lowest BCUT2D eigenvalue weighted by atomic mass is 9.72. The smallest absolute Gasteiger partial charge is 0.314 e. The summed E-state index contributed by atoms with van der Waals surface area (Å²) in [5.41, 5.74) is 0.955. The van der Waals surface area contributed by atoms with Crippen molar-refractivity contribution in [2.75, 3.05) is 37.0 Å². The Kier molecular flexibility index (Phi) is 5.75. The van der Waals surface area contributed by atoms with Crippen LogP contribution < -0.4 is 9.80 Å². The lowest BCUT2D eigenvalue weighted by Crippen LogP contribution is -2.57. The van der Waals surface area contributed by atoms with Crippen LogP contribution in [0.25, 0.3) is 0 Å². The Morgan fingerprint density at radius 1 is 1.28 bits per heavy atom. The Hall–Kier alpha value is -2.74. The first-order valence-corrected chi connectivity index (χ1v) is 9.57. The van der Waals surface area contributed by atoms with Crippen molar-refractivity contribution in [2.24, 2.45) is 5.41 Å². The number of aliphatic hydroxyl groups is 1. The summed E-state index contributed by atoms with van der Waals surface area (Å²) in [5.74, 6) is -0.228. The summed E-state index contributed by atoms with van der Waals surface area (Å²) in [7, 11) is 3.70. The number of nitrogens with zero attached hydrogens (tertiary/aromatic N) is 4. The minimum atomic E-state index is -1.42. The highest BCUT2D eigenvalue weighted by atomic mass is 19.1. The van der Waals surface area contributed by atoms with Gasteiger partial charge in [-0.15, -0.1) is 0 Å². The molecule has 2 aromatic rings. The molecule has 156 valence electrons. The van der Waals surface area contributed by atoms with Gasteiger partial charge in [-0.3, -0.25) is 4.79 Å². The van der Waals surface area contributed by atoms with Crippen molar-refractivity contribution in [3.05, 3.63) is 46.9 Å². The van der Waals surface area contributed by atoms with E-state index in [4.69, 9.17) is 0 Å². The molecule has 1 aromatic carbocycles. The van der Waals surface area contributed by atoms with Crippen molar-refractivity contribution >= 4 is 17.7 Å². The van der Waals surface area contributed by atoms with E-state index in [1.165, 1.54) is 12.1 Å². The van der Waals surface area contributed by atoms with Crippen molar-refractivity contribution < 1.29 is 19.4 Å². The Morgan fingerprint density at radius 2 is 1.93 bits per heavy atom. The summed E-state index contributed by atoms with van der Waals surface area (Å²) in [6.45, 7) is 4.40. The van der Waals surface area contributed by atoms with E-state index < -0.39 is 17.5 Å². The fourth-order valence-electron chi connectivity index (χ4n) is 3.79. The third-order valence-electron chi connectivity index (χ3n) is 5.69. The van der Waals surface area contributed by atoms with Gasteiger partial charge in [-0.2, -0.15) is 4.98 Å². The first kappa shape index (κ1) is 21.0. The zero-order chi connectivity index (χ0) is 21.3. The highest BCUT2D eigenvalue weighted by molar-refractivity contribution is 5.77. The summed E-state index contributed by atoms with van der Waals surface area (Å²) >= 11 is 0. The second-order valence-corrected chi connectivity index (χ2v) is 7.94. The van der Waals surface area contributed by atoms with Gasteiger partial charge in [-0.1, -0.05) is 12.1 Å². The van der Waals surface area contributed by atoms with E-state index in [-0.39, 0.29) is 18.8 Å². The average molecular weight is 402 g/mol. The molecule has 0 aliphatic carbocycles. The summed E-state index contributed by atoms with van der Waals surface area (Å²) in [4.78, 5) is 25.2. The summed E-state index contributed by atoms with van der Waals surface area (Å²) in [6, 6.07) is 5.74. The molecule has 2 atom stereocenters. The molecule has 8 heteroatoms. The lowest BCUT2D eigenvalue weighted by Gasteiger charge is -2.44. The summed E-state index contributed by atoms with van der Waals surface area (Å²) in [6.07, 6.45) is -0.616. The van der Waals surface area contributed by atoms with Crippen LogP contribution in [-0.4, -0.2) is 59.4 Å². The molecule has 0 radical (unpaired) electrons. The summed E-state index contributed by atoms with van der Waals surface area (Å²) in [5, 5.41) is 20.8. The van der Waals surface area contributed by atoms with Crippen LogP contribution in [0.1, 0.15) is 23.2 Å². The number of piperidine rings is 1. The Balaban J connectivity index is 2.00. The molecule has 3 rings (SSSR count). The molecule has 2 N–H and O–H groups in total. The van der Waals surface area contributed by atoms with Crippen LogP contribution in [0.15, 0.2) is 24.3 Å². The van der Waals surface area contributed by atoms with Gasteiger partial charge in [-0.25, -0.2) is 9.37 Å². The maximum Gasteiger partial charge on any atom is 0.314 e. The molecular weight excluding hydrogens is 375 g/mol. The van der Waals surface area contributed by atoms with Crippen molar-refractivity contribution in [1.29, 1.82) is 0 Å². The molecule has 0 unspecified atom stereocenters. The number of hydrogen-bond acceptors (Lipinski definition) is 6. The molecule has 0 saturated carbocycles. The zero-order valence-corrected chi connectivity index (χ0v) is 17.2. The molecule has 7 nitrogen and oxygen atoms in total. The SMILES string of the molecule is Cc1nc(N(C)C)nc(N2CC[C@@H](O)[C@](Cc3ccc(F)cc3)(C(=O)O)C2)c1C. The second-order valence-electron chi connectivity index (χ2n) is 7.94. The molecule has 1 fully saturated rings. The number of aryl methyl sites for hydroxylation is 1. The molecule has 1 aliphatic heterocycles. The first-order valence-electron chi connectivity index (χ1n) is 9.57. The molecule has 1 saturated heterocycles. The predicted octanol–water partition coefficient (Wildman–Crippen LogP) is 2.18. The number of halogens is 1. The minimum absolute atomic E-state index is 0.101. The van der Waals surface area contributed by atoms with Gasteiger partial charge in [0.25, 0.3) is 0 Å². The number of carboxylic acids is 1. The number of carbonyl (C=O) groups is 1. The van der Waals surface area contributed by atoms with E-state index in [1.807, 2.05) is 32.8 Å². The molecule has 0 bridgehead atoms.